The summed E-state index contributed by atoms with van der Waals surface area (Å²) in [7, 11) is 0. The van der Waals surface area contributed by atoms with Crippen molar-refractivity contribution in [2.24, 2.45) is 0 Å². The van der Waals surface area contributed by atoms with E-state index >= 15 is 0 Å². The van der Waals surface area contributed by atoms with E-state index in [-0.39, 0.29) is 18.0 Å². The van der Waals surface area contributed by atoms with Gasteiger partial charge in [0.1, 0.15) is 5.82 Å². The minimum absolute atomic E-state index is 0.178. The van der Waals surface area contributed by atoms with E-state index in [9.17, 15) is 9.18 Å². The van der Waals surface area contributed by atoms with Crippen molar-refractivity contribution in [1.82, 2.24) is 0 Å². The zero-order valence-electron chi connectivity index (χ0n) is 10.7. The summed E-state index contributed by atoms with van der Waals surface area (Å²) in [5, 5.41) is 2.56. The number of nitrogen functional groups attached to an aromatic ring is 1. The molecular weight excluding hydrogens is 323 g/mol. The van der Waals surface area contributed by atoms with Gasteiger partial charge in [0.2, 0.25) is 5.91 Å². The molecule has 0 saturated carbocycles. The molecule has 0 heterocycles. The highest BCUT2D eigenvalue weighted by molar-refractivity contribution is 9.10. The molecule has 0 fully saturated rings. The van der Waals surface area contributed by atoms with Gasteiger partial charge in [0.05, 0.1) is 5.69 Å². The molecule has 20 heavy (non-hydrogen) atoms. The van der Waals surface area contributed by atoms with Crippen LogP contribution in [0.3, 0.4) is 0 Å². The Morgan fingerprint density at radius 3 is 2.80 bits per heavy atom. The van der Waals surface area contributed by atoms with Gasteiger partial charge in [0.25, 0.3) is 0 Å². The number of hydrogen-bond acceptors (Lipinski definition) is 2. The van der Waals surface area contributed by atoms with Crippen molar-refractivity contribution >= 4 is 33.2 Å². The second-order valence-corrected chi connectivity index (χ2v) is 5.33. The van der Waals surface area contributed by atoms with Gasteiger partial charge in [-0.1, -0.05) is 28.1 Å². The van der Waals surface area contributed by atoms with Gasteiger partial charge in [-0.25, -0.2) is 4.39 Å². The third kappa shape index (κ3) is 4.06. The van der Waals surface area contributed by atoms with E-state index in [0.717, 1.165) is 5.56 Å². The second-order valence-electron chi connectivity index (χ2n) is 4.42. The highest BCUT2D eigenvalue weighted by Gasteiger charge is 2.08. The summed E-state index contributed by atoms with van der Waals surface area (Å²) in [4.78, 5) is 11.8. The molecule has 1 amide bonds. The van der Waals surface area contributed by atoms with Crippen LogP contribution in [0, 0.1) is 5.82 Å². The number of rotatable bonds is 4. The van der Waals surface area contributed by atoms with Gasteiger partial charge < -0.3 is 11.1 Å². The first-order valence-electron chi connectivity index (χ1n) is 6.14. The van der Waals surface area contributed by atoms with E-state index in [4.69, 9.17) is 5.73 Å². The molecule has 0 radical (unpaired) electrons. The number of carbonyl (C=O) groups is 1. The van der Waals surface area contributed by atoms with Crippen LogP contribution >= 0.6 is 15.9 Å². The lowest BCUT2D eigenvalue weighted by Crippen LogP contribution is -2.13. The molecule has 0 atom stereocenters. The lowest BCUT2D eigenvalue weighted by atomic mass is 10.1. The van der Waals surface area contributed by atoms with Gasteiger partial charge in [0.15, 0.2) is 0 Å². The number of nitrogens with one attached hydrogen (secondary N) is 1. The average molecular weight is 337 g/mol. The lowest BCUT2D eigenvalue weighted by molar-refractivity contribution is -0.116. The maximum atomic E-state index is 13.5. The molecule has 0 aliphatic carbocycles. The maximum absolute atomic E-state index is 13.5. The van der Waals surface area contributed by atoms with Crippen molar-refractivity contribution in [3.05, 3.63) is 58.3 Å². The maximum Gasteiger partial charge on any atom is 0.224 e. The predicted molar refractivity (Wildman–Crippen MR) is 81.9 cm³/mol. The molecule has 0 spiro atoms. The fraction of sp³-hybridized carbons (Fsp3) is 0.133. The zero-order valence-corrected chi connectivity index (χ0v) is 12.3. The summed E-state index contributed by atoms with van der Waals surface area (Å²) in [6.07, 6.45) is 0.835. The SMILES string of the molecule is Nc1cccc(CCC(=O)Nc2cc(Br)ccc2F)c1. The standard InChI is InChI=1S/C15H14BrFN2O/c16-11-5-6-13(17)14(9-11)19-15(20)7-4-10-2-1-3-12(18)8-10/h1-3,5-6,8-9H,4,7,18H2,(H,19,20). The van der Waals surface area contributed by atoms with Crippen LogP contribution in [0.2, 0.25) is 0 Å². The van der Waals surface area contributed by atoms with Gasteiger partial charge in [-0.2, -0.15) is 0 Å². The largest absolute Gasteiger partial charge is 0.399 e. The van der Waals surface area contributed by atoms with Crippen LogP contribution in [0.4, 0.5) is 15.8 Å². The fourth-order valence-electron chi connectivity index (χ4n) is 1.81. The molecule has 3 nitrogen and oxygen atoms in total. The summed E-state index contributed by atoms with van der Waals surface area (Å²) in [6, 6.07) is 11.8. The normalized spacial score (nSPS) is 10.3. The van der Waals surface area contributed by atoms with E-state index in [1.807, 2.05) is 18.2 Å². The minimum atomic E-state index is -0.453. The molecule has 5 heteroatoms. The summed E-state index contributed by atoms with van der Waals surface area (Å²) in [5.41, 5.74) is 7.50. The van der Waals surface area contributed by atoms with E-state index in [2.05, 4.69) is 21.2 Å². The molecule has 0 bridgehead atoms. The van der Waals surface area contributed by atoms with E-state index in [0.29, 0.717) is 16.6 Å². The molecule has 0 aliphatic heterocycles. The van der Waals surface area contributed by atoms with Crippen LogP contribution in [0.25, 0.3) is 0 Å². The van der Waals surface area contributed by atoms with Crippen LogP contribution in [0.15, 0.2) is 46.9 Å². The van der Waals surface area contributed by atoms with Crippen molar-refractivity contribution in [3.8, 4) is 0 Å². The van der Waals surface area contributed by atoms with E-state index in [1.54, 1.807) is 12.1 Å². The fourth-order valence-corrected chi connectivity index (χ4v) is 2.17. The van der Waals surface area contributed by atoms with Crippen molar-refractivity contribution in [2.45, 2.75) is 12.8 Å². The summed E-state index contributed by atoms with van der Waals surface area (Å²) in [5.74, 6) is -0.685. The average Bonchev–Trinajstić information content (AvgIpc) is 2.41. The highest BCUT2D eigenvalue weighted by atomic mass is 79.9. The van der Waals surface area contributed by atoms with Gasteiger partial charge in [-0.15, -0.1) is 0 Å². The third-order valence-electron chi connectivity index (χ3n) is 2.79. The van der Waals surface area contributed by atoms with Crippen LogP contribution in [-0.4, -0.2) is 5.91 Å². The number of amides is 1. The first-order valence-corrected chi connectivity index (χ1v) is 6.93. The highest BCUT2D eigenvalue weighted by Crippen LogP contribution is 2.20. The smallest absolute Gasteiger partial charge is 0.224 e. The lowest BCUT2D eigenvalue weighted by Gasteiger charge is -2.07. The molecular formula is C15H14BrFN2O. The minimum Gasteiger partial charge on any atom is -0.399 e. The summed E-state index contributed by atoms with van der Waals surface area (Å²) < 4.78 is 14.2. The monoisotopic (exact) mass is 336 g/mol. The van der Waals surface area contributed by atoms with E-state index in [1.165, 1.54) is 12.1 Å². The Morgan fingerprint density at radius 2 is 2.05 bits per heavy atom. The van der Waals surface area contributed by atoms with Crippen molar-refractivity contribution < 1.29 is 9.18 Å². The molecule has 2 aromatic carbocycles. The first-order chi connectivity index (χ1) is 9.54. The number of aryl methyl sites for hydroxylation is 1. The molecule has 0 aliphatic rings. The Kier molecular flexibility index (Phi) is 4.74. The topological polar surface area (TPSA) is 55.1 Å². The van der Waals surface area contributed by atoms with Crippen molar-refractivity contribution in [2.75, 3.05) is 11.1 Å². The van der Waals surface area contributed by atoms with E-state index < -0.39 is 5.82 Å². The van der Waals surface area contributed by atoms with Gasteiger partial charge >= 0.3 is 0 Å². The van der Waals surface area contributed by atoms with Crippen LogP contribution in [0.5, 0.6) is 0 Å². The van der Waals surface area contributed by atoms with Crippen LogP contribution < -0.4 is 11.1 Å². The Hall–Kier alpha value is -1.88. The molecule has 3 N–H and O–H groups in total. The Labute approximate surface area is 125 Å². The number of halogens is 2. The number of benzene rings is 2. The van der Waals surface area contributed by atoms with Crippen LogP contribution in [0.1, 0.15) is 12.0 Å². The Balaban J connectivity index is 1.94. The Morgan fingerprint density at radius 1 is 1.25 bits per heavy atom. The van der Waals surface area contributed by atoms with Crippen molar-refractivity contribution in [3.63, 3.8) is 0 Å². The van der Waals surface area contributed by atoms with Gasteiger partial charge in [-0.3, -0.25) is 4.79 Å². The predicted octanol–water partition coefficient (Wildman–Crippen LogP) is 3.74. The molecule has 2 rings (SSSR count). The quantitative estimate of drug-likeness (QED) is 0.835. The second kappa shape index (κ2) is 6.52. The number of hydrogen-bond donors (Lipinski definition) is 2. The summed E-state index contributed by atoms with van der Waals surface area (Å²) >= 11 is 3.24. The summed E-state index contributed by atoms with van der Waals surface area (Å²) in [6.45, 7) is 0. The van der Waals surface area contributed by atoms with Gasteiger partial charge in [0, 0.05) is 16.6 Å². The molecule has 104 valence electrons. The van der Waals surface area contributed by atoms with Gasteiger partial charge in [-0.05, 0) is 42.3 Å². The molecule has 2 aromatic rings. The molecule has 0 saturated heterocycles. The van der Waals surface area contributed by atoms with Crippen LogP contribution in [-0.2, 0) is 11.2 Å². The number of nitrogens with two attached hydrogens (primary N) is 1. The third-order valence-corrected chi connectivity index (χ3v) is 3.29. The number of anilines is 2. The Bertz CT molecular complexity index is 631. The first kappa shape index (κ1) is 14.5. The zero-order chi connectivity index (χ0) is 14.5. The van der Waals surface area contributed by atoms with Crippen molar-refractivity contribution in [1.29, 1.82) is 0 Å². The molecule has 0 aromatic heterocycles. The molecule has 0 unspecified atom stereocenters. The number of carbonyl (C=O) groups excluding carboxylic acids is 1.